The van der Waals surface area contributed by atoms with Gasteiger partial charge in [0, 0.05) is 25.6 Å². The van der Waals surface area contributed by atoms with Gasteiger partial charge in [-0.3, -0.25) is 14.9 Å². The first-order chi connectivity index (χ1) is 9.43. The molecule has 1 amide bonds. The summed E-state index contributed by atoms with van der Waals surface area (Å²) in [6.45, 7) is 1.31. The van der Waals surface area contributed by atoms with Gasteiger partial charge in [-0.2, -0.15) is 0 Å². The minimum Gasteiger partial charge on any atom is -0.466 e. The van der Waals surface area contributed by atoms with Gasteiger partial charge >= 0.3 is 5.97 Å². The van der Waals surface area contributed by atoms with Crippen molar-refractivity contribution in [1.82, 2.24) is 5.32 Å². The van der Waals surface area contributed by atoms with Crippen LogP contribution in [-0.4, -0.2) is 30.5 Å². The van der Waals surface area contributed by atoms with Gasteiger partial charge in [-0.05, 0) is 11.6 Å². The van der Waals surface area contributed by atoms with Crippen LogP contribution < -0.4 is 5.32 Å². The Hall–Kier alpha value is -2.70. The molecule has 0 saturated carbocycles. The number of carbonyl (C=O) groups excluding carboxylic acids is 2. The zero-order chi connectivity index (χ0) is 15.1. The maximum atomic E-state index is 11.6. The number of esters is 1. The lowest BCUT2D eigenvalue weighted by Crippen LogP contribution is -2.25. The summed E-state index contributed by atoms with van der Waals surface area (Å²) in [5.74, 6) is -0.899. The van der Waals surface area contributed by atoms with Crippen LogP contribution in [0.5, 0.6) is 0 Å². The average Bonchev–Trinajstić information content (AvgIpc) is 2.42. The number of nitro benzene ring substituents is 1. The number of nitro groups is 1. The third-order valence-corrected chi connectivity index (χ3v) is 2.40. The molecule has 0 aliphatic rings. The van der Waals surface area contributed by atoms with Crippen LogP contribution in [0.4, 0.5) is 5.69 Å². The lowest BCUT2D eigenvalue weighted by molar-refractivity contribution is -0.384. The molecule has 1 aromatic rings. The van der Waals surface area contributed by atoms with Crippen LogP contribution in [0.15, 0.2) is 29.8 Å². The summed E-state index contributed by atoms with van der Waals surface area (Å²) in [6.07, 6.45) is 1.44. The highest BCUT2D eigenvalue weighted by Crippen LogP contribution is 2.16. The number of hydrogen-bond donors (Lipinski definition) is 1. The first-order valence-electron chi connectivity index (χ1n) is 5.72. The van der Waals surface area contributed by atoms with E-state index in [1.807, 2.05) is 0 Å². The predicted octanol–water partition coefficient (Wildman–Crippen LogP) is 1.29. The van der Waals surface area contributed by atoms with Gasteiger partial charge in [0.05, 0.1) is 17.6 Å². The highest BCUT2D eigenvalue weighted by Gasteiger charge is 2.11. The van der Waals surface area contributed by atoms with Gasteiger partial charge in [0.2, 0.25) is 5.91 Å². The van der Waals surface area contributed by atoms with Crippen molar-refractivity contribution < 1.29 is 19.2 Å². The van der Waals surface area contributed by atoms with Crippen LogP contribution in [0.2, 0.25) is 0 Å². The zero-order valence-corrected chi connectivity index (χ0v) is 11.1. The van der Waals surface area contributed by atoms with E-state index in [0.717, 1.165) is 0 Å². The van der Waals surface area contributed by atoms with Gasteiger partial charge < -0.3 is 10.1 Å². The summed E-state index contributed by atoms with van der Waals surface area (Å²) in [7, 11) is 1.22. The third-order valence-electron chi connectivity index (χ3n) is 2.40. The summed E-state index contributed by atoms with van der Waals surface area (Å²) >= 11 is 0. The molecular formula is C13H14N2O5. The average molecular weight is 278 g/mol. The molecule has 7 nitrogen and oxygen atoms in total. The minimum absolute atomic E-state index is 0.00923. The smallest absolute Gasteiger partial charge is 0.335 e. The fourth-order valence-electron chi connectivity index (χ4n) is 1.46. The van der Waals surface area contributed by atoms with E-state index in [2.05, 4.69) is 10.1 Å². The zero-order valence-electron chi connectivity index (χ0n) is 11.1. The van der Waals surface area contributed by atoms with Crippen molar-refractivity contribution in [3.63, 3.8) is 0 Å². The van der Waals surface area contributed by atoms with Crippen molar-refractivity contribution in [2.24, 2.45) is 0 Å². The molecule has 1 N–H and O–H groups in total. The van der Waals surface area contributed by atoms with E-state index < -0.39 is 10.9 Å². The molecule has 0 bridgehead atoms. The molecule has 7 heteroatoms. The number of methoxy groups -OCH3 is 1. The molecule has 0 aliphatic heterocycles. The maximum Gasteiger partial charge on any atom is 0.335 e. The summed E-state index contributed by atoms with van der Waals surface area (Å²) in [5, 5.41) is 13.2. The second-order valence-corrected chi connectivity index (χ2v) is 3.92. The Morgan fingerprint density at radius 1 is 1.45 bits per heavy atom. The van der Waals surface area contributed by atoms with E-state index in [-0.39, 0.29) is 23.7 Å². The molecule has 0 saturated heterocycles. The van der Waals surface area contributed by atoms with Gasteiger partial charge in [0.1, 0.15) is 0 Å². The second kappa shape index (κ2) is 7.03. The molecule has 106 valence electrons. The number of nitrogens with one attached hydrogen (secondary N) is 1. The SMILES string of the molecule is COC(=O)/C(=C/c1cccc([N+](=O)[O-])c1)CNC(C)=O. The minimum atomic E-state index is -0.606. The van der Waals surface area contributed by atoms with Crippen molar-refractivity contribution >= 4 is 23.6 Å². The Labute approximate surface area is 115 Å². The Morgan fingerprint density at radius 3 is 2.70 bits per heavy atom. The molecular weight excluding hydrogens is 264 g/mol. The number of carbonyl (C=O) groups is 2. The molecule has 0 unspecified atom stereocenters. The lowest BCUT2D eigenvalue weighted by Gasteiger charge is -2.06. The largest absolute Gasteiger partial charge is 0.466 e. The Bertz CT molecular complexity index is 566. The summed E-state index contributed by atoms with van der Waals surface area (Å²) in [5.41, 5.74) is 0.593. The van der Waals surface area contributed by atoms with Crippen molar-refractivity contribution in [1.29, 1.82) is 0 Å². The number of rotatable bonds is 5. The number of nitrogens with zero attached hydrogens (tertiary/aromatic N) is 1. The number of non-ortho nitro benzene ring substituents is 1. The predicted molar refractivity (Wildman–Crippen MR) is 71.8 cm³/mol. The summed E-state index contributed by atoms with van der Waals surface area (Å²) in [6, 6.07) is 5.81. The lowest BCUT2D eigenvalue weighted by atomic mass is 10.1. The quantitative estimate of drug-likeness (QED) is 0.378. The standard InChI is InChI=1S/C13H14N2O5/c1-9(16)14-8-11(13(17)20-2)6-10-4-3-5-12(7-10)15(18)19/h3-7H,8H2,1-2H3,(H,14,16)/b11-6+. The topological polar surface area (TPSA) is 98.5 Å². The van der Waals surface area contributed by atoms with Crippen LogP contribution >= 0.6 is 0 Å². The van der Waals surface area contributed by atoms with E-state index in [1.165, 1.54) is 38.3 Å². The van der Waals surface area contributed by atoms with E-state index in [4.69, 9.17) is 0 Å². The molecule has 1 aromatic carbocycles. The van der Waals surface area contributed by atoms with Crippen LogP contribution in [0, 0.1) is 10.1 Å². The molecule has 0 atom stereocenters. The number of benzene rings is 1. The van der Waals surface area contributed by atoms with Crippen molar-refractivity contribution in [2.75, 3.05) is 13.7 Å². The third kappa shape index (κ3) is 4.52. The van der Waals surface area contributed by atoms with Crippen LogP contribution in [-0.2, 0) is 14.3 Å². The van der Waals surface area contributed by atoms with Crippen molar-refractivity contribution in [3.05, 3.63) is 45.5 Å². The van der Waals surface area contributed by atoms with Gasteiger partial charge in [-0.1, -0.05) is 12.1 Å². The first kappa shape index (κ1) is 15.4. The number of hydrogen-bond acceptors (Lipinski definition) is 5. The molecule has 0 spiro atoms. The normalized spacial score (nSPS) is 10.8. The van der Waals surface area contributed by atoms with Crippen LogP contribution in [0.25, 0.3) is 6.08 Å². The van der Waals surface area contributed by atoms with Gasteiger partial charge in [0.15, 0.2) is 0 Å². The van der Waals surface area contributed by atoms with Crippen LogP contribution in [0.1, 0.15) is 12.5 Å². The second-order valence-electron chi connectivity index (χ2n) is 3.92. The summed E-state index contributed by atoms with van der Waals surface area (Å²) < 4.78 is 4.60. The highest BCUT2D eigenvalue weighted by atomic mass is 16.6. The first-order valence-corrected chi connectivity index (χ1v) is 5.72. The van der Waals surface area contributed by atoms with Crippen molar-refractivity contribution in [2.45, 2.75) is 6.92 Å². The number of ether oxygens (including phenoxy) is 1. The fourth-order valence-corrected chi connectivity index (χ4v) is 1.46. The van der Waals surface area contributed by atoms with Crippen LogP contribution in [0.3, 0.4) is 0 Å². The molecule has 1 rings (SSSR count). The molecule has 0 fully saturated rings. The highest BCUT2D eigenvalue weighted by molar-refractivity contribution is 5.94. The fraction of sp³-hybridized carbons (Fsp3) is 0.231. The van der Waals surface area contributed by atoms with Gasteiger partial charge in [0.25, 0.3) is 5.69 Å². The molecule has 20 heavy (non-hydrogen) atoms. The number of amides is 1. The van der Waals surface area contributed by atoms with Crippen molar-refractivity contribution in [3.8, 4) is 0 Å². The molecule has 0 radical (unpaired) electrons. The monoisotopic (exact) mass is 278 g/mol. The Morgan fingerprint density at radius 2 is 2.15 bits per heavy atom. The van der Waals surface area contributed by atoms with E-state index in [0.29, 0.717) is 5.56 Å². The molecule has 0 heterocycles. The molecule has 0 aromatic heterocycles. The Kier molecular flexibility index (Phi) is 5.40. The van der Waals surface area contributed by atoms with Gasteiger partial charge in [-0.25, -0.2) is 4.79 Å². The maximum absolute atomic E-state index is 11.6. The summed E-state index contributed by atoms with van der Waals surface area (Å²) in [4.78, 5) is 32.6. The van der Waals surface area contributed by atoms with E-state index >= 15 is 0 Å². The molecule has 0 aliphatic carbocycles. The Balaban J connectivity index is 3.05. The van der Waals surface area contributed by atoms with E-state index in [1.54, 1.807) is 6.07 Å². The van der Waals surface area contributed by atoms with Gasteiger partial charge in [-0.15, -0.1) is 0 Å². The van der Waals surface area contributed by atoms with E-state index in [9.17, 15) is 19.7 Å².